The zero-order chi connectivity index (χ0) is 12.3. The summed E-state index contributed by atoms with van der Waals surface area (Å²) >= 11 is 7.60. The molecule has 1 atom stereocenters. The van der Waals surface area contributed by atoms with Gasteiger partial charge in [0.2, 0.25) is 0 Å². The summed E-state index contributed by atoms with van der Waals surface area (Å²) in [5, 5.41) is 1.50. The Labute approximate surface area is 110 Å². The van der Waals surface area contributed by atoms with E-state index in [0.717, 1.165) is 15.5 Å². The largest absolute Gasteiger partial charge is 0.324 e. The molecule has 1 aromatic carbocycles. The van der Waals surface area contributed by atoms with Gasteiger partial charge >= 0.3 is 0 Å². The van der Waals surface area contributed by atoms with Crippen LogP contribution in [-0.2, 0) is 0 Å². The Balaban J connectivity index is 2.17. The van der Waals surface area contributed by atoms with E-state index in [0.29, 0.717) is 5.02 Å². The van der Waals surface area contributed by atoms with Crippen LogP contribution >= 0.6 is 23.4 Å². The Morgan fingerprint density at radius 3 is 2.53 bits per heavy atom. The maximum atomic E-state index is 6.05. The number of halogens is 1. The van der Waals surface area contributed by atoms with Gasteiger partial charge in [0.1, 0.15) is 5.03 Å². The molecule has 0 aliphatic rings. The maximum Gasteiger partial charge on any atom is 0.119 e. The summed E-state index contributed by atoms with van der Waals surface area (Å²) in [4.78, 5) is 5.34. The van der Waals surface area contributed by atoms with Crippen molar-refractivity contribution in [2.45, 2.75) is 22.9 Å². The average Bonchev–Trinajstić information content (AvgIpc) is 2.33. The molecular formula is C13H13ClN2S. The third-order valence-electron chi connectivity index (χ3n) is 2.35. The normalized spacial score (nSPS) is 12.4. The second-order valence-electron chi connectivity index (χ2n) is 3.75. The molecule has 0 saturated heterocycles. The molecule has 1 heterocycles. The maximum absolute atomic E-state index is 6.05. The second kappa shape index (κ2) is 5.54. The van der Waals surface area contributed by atoms with Crippen molar-refractivity contribution in [3.05, 3.63) is 53.2 Å². The fourth-order valence-corrected chi connectivity index (χ4v) is 2.41. The summed E-state index contributed by atoms with van der Waals surface area (Å²) < 4.78 is 0. The fourth-order valence-electron chi connectivity index (χ4n) is 1.40. The van der Waals surface area contributed by atoms with Gasteiger partial charge in [0, 0.05) is 17.1 Å². The van der Waals surface area contributed by atoms with Gasteiger partial charge in [-0.2, -0.15) is 0 Å². The minimum Gasteiger partial charge on any atom is -0.324 e. The Kier molecular flexibility index (Phi) is 4.05. The van der Waals surface area contributed by atoms with Crippen LogP contribution in [0.15, 0.2) is 52.5 Å². The Morgan fingerprint density at radius 1 is 1.24 bits per heavy atom. The van der Waals surface area contributed by atoms with E-state index in [1.165, 1.54) is 0 Å². The minimum atomic E-state index is 0.0625. The Hall–Kier alpha value is -1.03. The van der Waals surface area contributed by atoms with Crippen molar-refractivity contribution in [1.82, 2.24) is 4.98 Å². The smallest absolute Gasteiger partial charge is 0.119 e. The van der Waals surface area contributed by atoms with E-state index in [2.05, 4.69) is 4.98 Å². The van der Waals surface area contributed by atoms with Crippen molar-refractivity contribution in [2.24, 2.45) is 5.73 Å². The van der Waals surface area contributed by atoms with Crippen molar-refractivity contribution in [1.29, 1.82) is 0 Å². The predicted octanol–water partition coefficient (Wildman–Crippen LogP) is 3.91. The first-order valence-corrected chi connectivity index (χ1v) is 6.50. The van der Waals surface area contributed by atoms with E-state index < -0.39 is 0 Å². The molecule has 0 saturated carbocycles. The summed E-state index contributed by atoms with van der Waals surface area (Å²) in [6.07, 6.45) is 1.74. The van der Waals surface area contributed by atoms with Crippen LogP contribution < -0.4 is 5.73 Å². The van der Waals surface area contributed by atoms with E-state index >= 15 is 0 Å². The number of rotatable bonds is 3. The first kappa shape index (κ1) is 12.4. The van der Waals surface area contributed by atoms with Crippen LogP contribution in [-0.4, -0.2) is 4.98 Å². The highest BCUT2D eigenvalue weighted by molar-refractivity contribution is 7.99. The number of pyridine rings is 1. The van der Waals surface area contributed by atoms with E-state index in [1.54, 1.807) is 18.0 Å². The molecular weight excluding hydrogens is 252 g/mol. The first-order valence-electron chi connectivity index (χ1n) is 5.31. The third kappa shape index (κ3) is 3.22. The van der Waals surface area contributed by atoms with Crippen LogP contribution in [0.3, 0.4) is 0 Å². The summed E-state index contributed by atoms with van der Waals surface area (Å²) in [6.45, 7) is 1.97. The Bertz CT molecular complexity index is 497. The van der Waals surface area contributed by atoms with Gasteiger partial charge < -0.3 is 5.73 Å². The van der Waals surface area contributed by atoms with Gasteiger partial charge in [-0.15, -0.1) is 0 Å². The van der Waals surface area contributed by atoms with Gasteiger partial charge in [0.25, 0.3) is 0 Å². The second-order valence-corrected chi connectivity index (χ2v) is 5.22. The van der Waals surface area contributed by atoms with Crippen molar-refractivity contribution >= 4 is 23.4 Å². The highest BCUT2D eigenvalue weighted by Crippen LogP contribution is 2.31. The number of benzene rings is 1. The number of nitrogens with two attached hydrogens (primary N) is 1. The van der Waals surface area contributed by atoms with Crippen LogP contribution in [0.4, 0.5) is 0 Å². The minimum absolute atomic E-state index is 0.0625. The van der Waals surface area contributed by atoms with Crippen LogP contribution in [0.1, 0.15) is 18.5 Å². The summed E-state index contributed by atoms with van der Waals surface area (Å²) in [5.74, 6) is 0. The molecule has 0 amide bonds. The topological polar surface area (TPSA) is 38.9 Å². The van der Waals surface area contributed by atoms with Crippen LogP contribution in [0.25, 0.3) is 0 Å². The average molecular weight is 265 g/mol. The van der Waals surface area contributed by atoms with Gasteiger partial charge in [-0.3, -0.25) is 0 Å². The van der Waals surface area contributed by atoms with Gasteiger partial charge in [0.05, 0.1) is 5.02 Å². The Morgan fingerprint density at radius 2 is 1.94 bits per heavy atom. The van der Waals surface area contributed by atoms with Crippen molar-refractivity contribution in [2.75, 3.05) is 0 Å². The molecule has 0 aliphatic heterocycles. The zero-order valence-corrected chi connectivity index (χ0v) is 11.0. The molecule has 0 radical (unpaired) electrons. The zero-order valence-electron chi connectivity index (χ0n) is 9.43. The quantitative estimate of drug-likeness (QED) is 0.914. The van der Waals surface area contributed by atoms with Gasteiger partial charge in [0.15, 0.2) is 0 Å². The van der Waals surface area contributed by atoms with Crippen molar-refractivity contribution in [3.8, 4) is 0 Å². The summed E-state index contributed by atoms with van der Waals surface area (Å²) in [6, 6.07) is 11.9. The SMILES string of the molecule is C[C@@H](N)c1ccc(Sc2ncccc2Cl)cc1. The molecule has 0 aliphatic carbocycles. The molecule has 2 rings (SSSR count). The third-order valence-corrected chi connectivity index (χ3v) is 3.79. The van der Waals surface area contributed by atoms with Crippen LogP contribution in [0, 0.1) is 0 Å². The lowest BCUT2D eigenvalue weighted by Crippen LogP contribution is -2.04. The van der Waals surface area contributed by atoms with Crippen molar-refractivity contribution < 1.29 is 0 Å². The van der Waals surface area contributed by atoms with Crippen molar-refractivity contribution in [3.63, 3.8) is 0 Å². The number of hydrogen-bond acceptors (Lipinski definition) is 3. The molecule has 1 aromatic heterocycles. The van der Waals surface area contributed by atoms with Gasteiger partial charge in [-0.05, 0) is 36.8 Å². The van der Waals surface area contributed by atoms with E-state index in [1.807, 2.05) is 43.3 Å². The standard InChI is InChI=1S/C13H13ClN2S/c1-9(15)10-4-6-11(7-5-10)17-13-12(14)3-2-8-16-13/h2-9H,15H2,1H3/t9-/m1/s1. The summed E-state index contributed by atoms with van der Waals surface area (Å²) in [5.41, 5.74) is 6.93. The fraction of sp³-hybridized carbons (Fsp3) is 0.154. The lowest BCUT2D eigenvalue weighted by atomic mass is 10.1. The lowest BCUT2D eigenvalue weighted by Gasteiger charge is -2.07. The molecule has 0 spiro atoms. The molecule has 0 bridgehead atoms. The van der Waals surface area contributed by atoms with Crippen LogP contribution in [0.2, 0.25) is 5.02 Å². The molecule has 17 heavy (non-hydrogen) atoms. The monoisotopic (exact) mass is 264 g/mol. The van der Waals surface area contributed by atoms with E-state index in [4.69, 9.17) is 17.3 Å². The number of nitrogens with zero attached hydrogens (tertiary/aromatic N) is 1. The van der Waals surface area contributed by atoms with E-state index in [9.17, 15) is 0 Å². The lowest BCUT2D eigenvalue weighted by molar-refractivity contribution is 0.817. The van der Waals surface area contributed by atoms with E-state index in [-0.39, 0.29) is 6.04 Å². The van der Waals surface area contributed by atoms with Gasteiger partial charge in [-0.25, -0.2) is 4.98 Å². The molecule has 0 fully saturated rings. The van der Waals surface area contributed by atoms with Gasteiger partial charge in [-0.1, -0.05) is 35.5 Å². The first-order chi connectivity index (χ1) is 8.16. The highest BCUT2D eigenvalue weighted by atomic mass is 35.5. The number of hydrogen-bond donors (Lipinski definition) is 1. The molecule has 0 unspecified atom stereocenters. The molecule has 2 nitrogen and oxygen atoms in total. The molecule has 2 aromatic rings. The molecule has 4 heteroatoms. The predicted molar refractivity (Wildman–Crippen MR) is 72.4 cm³/mol. The van der Waals surface area contributed by atoms with Crippen LogP contribution in [0.5, 0.6) is 0 Å². The highest BCUT2D eigenvalue weighted by Gasteiger charge is 2.04. The molecule has 88 valence electrons. The number of aromatic nitrogens is 1. The molecule has 2 N–H and O–H groups in total. The summed E-state index contributed by atoms with van der Waals surface area (Å²) in [7, 11) is 0.